The molecule has 19 heavy (non-hydrogen) atoms. The van der Waals surface area contributed by atoms with Crippen LogP contribution in [0.1, 0.15) is 25.0 Å². The van der Waals surface area contributed by atoms with Crippen LogP contribution in [-0.2, 0) is 16.0 Å². The van der Waals surface area contributed by atoms with Gasteiger partial charge in [-0.15, -0.1) is 0 Å². The lowest BCUT2D eigenvalue weighted by atomic mass is 10.1. The van der Waals surface area contributed by atoms with Crippen molar-refractivity contribution in [3.05, 3.63) is 29.3 Å². The van der Waals surface area contributed by atoms with Gasteiger partial charge in [-0.1, -0.05) is 12.1 Å². The summed E-state index contributed by atoms with van der Waals surface area (Å²) in [5, 5.41) is 11.1. The molecule has 0 heterocycles. The average Bonchev–Trinajstić information content (AvgIpc) is 2.32. The van der Waals surface area contributed by atoms with E-state index >= 15 is 0 Å². The van der Waals surface area contributed by atoms with E-state index in [0.29, 0.717) is 6.61 Å². The highest BCUT2D eigenvalue weighted by Crippen LogP contribution is 2.19. The van der Waals surface area contributed by atoms with Gasteiger partial charge in [0.2, 0.25) is 5.91 Å². The van der Waals surface area contributed by atoms with E-state index in [2.05, 4.69) is 5.32 Å². The maximum Gasteiger partial charge on any atom is 0.325 e. The number of aryl methyl sites for hydroxylation is 1. The number of nitrogens with one attached hydrogen (secondary N) is 1. The molecule has 1 rings (SSSR count). The van der Waals surface area contributed by atoms with Gasteiger partial charge in [-0.05, 0) is 38.0 Å². The van der Waals surface area contributed by atoms with Crippen LogP contribution in [0, 0.1) is 6.92 Å². The van der Waals surface area contributed by atoms with Gasteiger partial charge in [0, 0.05) is 0 Å². The van der Waals surface area contributed by atoms with Crippen LogP contribution in [0.2, 0.25) is 0 Å². The van der Waals surface area contributed by atoms with Gasteiger partial charge in [-0.3, -0.25) is 9.59 Å². The topological polar surface area (TPSA) is 75.6 Å². The summed E-state index contributed by atoms with van der Waals surface area (Å²) in [5.41, 5.74) is 1.79. The molecular formula is C14H19NO4. The fourth-order valence-electron chi connectivity index (χ4n) is 1.68. The highest BCUT2D eigenvalue weighted by Gasteiger charge is 2.14. The number of carbonyl (C=O) groups is 2. The Balaban J connectivity index is 2.65. The number of carbonyl (C=O) groups excluding carboxylic acids is 1. The number of aliphatic carboxylic acids is 1. The lowest BCUT2D eigenvalue weighted by Gasteiger charge is -2.11. The third-order valence-corrected chi connectivity index (χ3v) is 2.65. The van der Waals surface area contributed by atoms with Crippen molar-refractivity contribution in [2.75, 3.05) is 6.61 Å². The minimum absolute atomic E-state index is 0.158. The molecule has 2 N–H and O–H groups in total. The largest absolute Gasteiger partial charge is 0.494 e. The van der Waals surface area contributed by atoms with E-state index in [0.717, 1.165) is 16.9 Å². The Bertz CT molecular complexity index is 471. The highest BCUT2D eigenvalue weighted by atomic mass is 16.5. The van der Waals surface area contributed by atoms with Crippen LogP contribution < -0.4 is 10.1 Å². The molecule has 0 radical (unpaired) electrons. The molecule has 5 heteroatoms. The number of rotatable bonds is 6. The zero-order valence-electron chi connectivity index (χ0n) is 11.4. The van der Waals surface area contributed by atoms with Gasteiger partial charge in [-0.25, -0.2) is 0 Å². The van der Waals surface area contributed by atoms with E-state index < -0.39 is 12.0 Å². The van der Waals surface area contributed by atoms with Crippen molar-refractivity contribution in [3.8, 4) is 5.75 Å². The smallest absolute Gasteiger partial charge is 0.325 e. The summed E-state index contributed by atoms with van der Waals surface area (Å²) in [6.45, 7) is 5.85. The Hall–Kier alpha value is -2.04. The van der Waals surface area contributed by atoms with Crippen LogP contribution in [0.4, 0.5) is 0 Å². The van der Waals surface area contributed by atoms with Gasteiger partial charge < -0.3 is 15.2 Å². The van der Waals surface area contributed by atoms with E-state index in [-0.39, 0.29) is 12.3 Å². The lowest BCUT2D eigenvalue weighted by molar-refractivity contribution is -0.141. The number of benzene rings is 1. The molecule has 0 aliphatic heterocycles. The van der Waals surface area contributed by atoms with Crippen molar-refractivity contribution in [3.63, 3.8) is 0 Å². The van der Waals surface area contributed by atoms with Crippen LogP contribution >= 0.6 is 0 Å². The van der Waals surface area contributed by atoms with Crippen molar-refractivity contribution in [2.24, 2.45) is 0 Å². The van der Waals surface area contributed by atoms with Crippen LogP contribution in [0.3, 0.4) is 0 Å². The zero-order valence-corrected chi connectivity index (χ0v) is 11.4. The SMILES string of the molecule is CCOc1ccc(CC(=O)NC(C)C(=O)O)cc1C. The van der Waals surface area contributed by atoms with Crippen LogP contribution in [0.25, 0.3) is 0 Å². The fraction of sp³-hybridized carbons (Fsp3) is 0.429. The molecule has 0 saturated heterocycles. The van der Waals surface area contributed by atoms with Crippen molar-refractivity contribution in [1.82, 2.24) is 5.32 Å². The van der Waals surface area contributed by atoms with Crippen LogP contribution in [0.5, 0.6) is 5.75 Å². The Morgan fingerprint density at radius 1 is 1.42 bits per heavy atom. The normalized spacial score (nSPS) is 11.7. The van der Waals surface area contributed by atoms with Crippen molar-refractivity contribution in [2.45, 2.75) is 33.2 Å². The first kappa shape index (κ1) is 15.0. The summed E-state index contributed by atoms with van der Waals surface area (Å²) < 4.78 is 5.41. The molecule has 0 aromatic heterocycles. The summed E-state index contributed by atoms with van der Waals surface area (Å²) in [7, 11) is 0. The molecule has 0 spiro atoms. The Morgan fingerprint density at radius 3 is 2.63 bits per heavy atom. The van der Waals surface area contributed by atoms with Gasteiger partial charge in [0.1, 0.15) is 11.8 Å². The average molecular weight is 265 g/mol. The molecule has 1 amide bonds. The summed E-state index contributed by atoms with van der Waals surface area (Å²) in [6, 6.07) is 4.62. The summed E-state index contributed by atoms with van der Waals surface area (Å²) in [4.78, 5) is 22.3. The van der Waals surface area contributed by atoms with E-state index in [1.807, 2.05) is 32.0 Å². The van der Waals surface area contributed by atoms with Crippen LogP contribution in [-0.4, -0.2) is 29.6 Å². The molecule has 0 bridgehead atoms. The number of carboxylic acid groups (broad SMARTS) is 1. The molecule has 1 aromatic carbocycles. The number of hydrogen-bond acceptors (Lipinski definition) is 3. The first-order valence-electron chi connectivity index (χ1n) is 6.18. The summed E-state index contributed by atoms with van der Waals surface area (Å²) >= 11 is 0. The Kier molecular flexibility index (Phi) is 5.36. The zero-order chi connectivity index (χ0) is 14.4. The molecule has 0 saturated carbocycles. The second kappa shape index (κ2) is 6.78. The van der Waals surface area contributed by atoms with Gasteiger partial charge in [0.25, 0.3) is 0 Å². The highest BCUT2D eigenvalue weighted by molar-refractivity contribution is 5.84. The maximum atomic E-state index is 11.6. The van der Waals surface area contributed by atoms with E-state index in [9.17, 15) is 9.59 Å². The van der Waals surface area contributed by atoms with E-state index in [1.54, 1.807) is 0 Å². The molecular weight excluding hydrogens is 246 g/mol. The molecule has 0 fully saturated rings. The second-order valence-corrected chi connectivity index (χ2v) is 4.34. The minimum atomic E-state index is -1.05. The van der Waals surface area contributed by atoms with Crippen molar-refractivity contribution in [1.29, 1.82) is 0 Å². The van der Waals surface area contributed by atoms with Crippen LogP contribution in [0.15, 0.2) is 18.2 Å². The second-order valence-electron chi connectivity index (χ2n) is 4.34. The fourth-order valence-corrected chi connectivity index (χ4v) is 1.68. The molecule has 1 unspecified atom stereocenters. The predicted octanol–water partition coefficient (Wildman–Crippen LogP) is 1.53. The molecule has 1 aromatic rings. The molecule has 1 atom stereocenters. The molecule has 0 aliphatic carbocycles. The Morgan fingerprint density at radius 2 is 2.11 bits per heavy atom. The van der Waals surface area contributed by atoms with Gasteiger partial charge in [0.05, 0.1) is 13.0 Å². The van der Waals surface area contributed by atoms with Gasteiger partial charge in [0.15, 0.2) is 0 Å². The van der Waals surface area contributed by atoms with Crippen molar-refractivity contribution >= 4 is 11.9 Å². The standard InChI is InChI=1S/C14H19NO4/c1-4-19-12-6-5-11(7-9(12)2)8-13(16)15-10(3)14(17)18/h5-7,10H,4,8H2,1-3H3,(H,15,16)(H,17,18). The number of amides is 1. The number of hydrogen-bond donors (Lipinski definition) is 2. The van der Waals surface area contributed by atoms with E-state index in [1.165, 1.54) is 6.92 Å². The first-order valence-corrected chi connectivity index (χ1v) is 6.18. The summed E-state index contributed by atoms with van der Waals surface area (Å²) in [5.74, 6) is -0.555. The van der Waals surface area contributed by atoms with Crippen molar-refractivity contribution < 1.29 is 19.4 Å². The Labute approximate surface area is 112 Å². The third kappa shape index (κ3) is 4.62. The number of carboxylic acids is 1. The van der Waals surface area contributed by atoms with E-state index in [4.69, 9.17) is 9.84 Å². The van der Waals surface area contributed by atoms with Gasteiger partial charge in [-0.2, -0.15) is 0 Å². The third-order valence-electron chi connectivity index (χ3n) is 2.65. The predicted molar refractivity (Wildman–Crippen MR) is 71.3 cm³/mol. The molecule has 0 aliphatic rings. The lowest BCUT2D eigenvalue weighted by Crippen LogP contribution is -2.39. The maximum absolute atomic E-state index is 11.6. The summed E-state index contributed by atoms with van der Waals surface area (Å²) in [6.07, 6.45) is 0.158. The minimum Gasteiger partial charge on any atom is -0.494 e. The molecule has 104 valence electrons. The monoisotopic (exact) mass is 265 g/mol. The first-order chi connectivity index (χ1) is 8.93. The molecule has 5 nitrogen and oxygen atoms in total. The quantitative estimate of drug-likeness (QED) is 0.817. The number of ether oxygens (including phenoxy) is 1. The van der Waals surface area contributed by atoms with Gasteiger partial charge >= 0.3 is 5.97 Å².